The number of thioether (sulfide) groups is 1. The SMILES string of the molecule is COC(=O)OC1(CCSC)N=CN(Cc2ccccc2)C1CC1CCC(C(CCc2ccccc2)N(C)C)CC1. The van der Waals surface area contributed by atoms with Crippen molar-refractivity contribution in [3.05, 3.63) is 71.8 Å². The molecular weight excluding hydrogens is 518 g/mol. The first-order valence-electron chi connectivity index (χ1n) is 14.8. The molecule has 0 amide bonds. The molecule has 2 aromatic rings. The second-order valence-electron chi connectivity index (χ2n) is 11.6. The number of hydrogen-bond donors (Lipinski definition) is 0. The van der Waals surface area contributed by atoms with Crippen LogP contribution in [0.1, 0.15) is 56.1 Å². The lowest BCUT2D eigenvalue weighted by molar-refractivity contribution is -0.0598. The topological polar surface area (TPSA) is 54.4 Å². The van der Waals surface area contributed by atoms with Crippen LogP contribution in [-0.4, -0.2) is 73.3 Å². The number of methoxy groups -OCH3 is 1. The first-order valence-corrected chi connectivity index (χ1v) is 16.1. The molecule has 0 saturated heterocycles. The summed E-state index contributed by atoms with van der Waals surface area (Å²) < 4.78 is 11.0. The lowest BCUT2D eigenvalue weighted by Crippen LogP contribution is -2.50. The van der Waals surface area contributed by atoms with Gasteiger partial charge in [0.2, 0.25) is 5.72 Å². The molecule has 1 heterocycles. The summed E-state index contributed by atoms with van der Waals surface area (Å²) in [5, 5.41) is 0. The van der Waals surface area contributed by atoms with Crippen LogP contribution in [0.15, 0.2) is 65.7 Å². The Hall–Kier alpha value is -2.51. The van der Waals surface area contributed by atoms with Crippen molar-refractivity contribution < 1.29 is 14.3 Å². The van der Waals surface area contributed by atoms with Crippen LogP contribution in [0.2, 0.25) is 0 Å². The summed E-state index contributed by atoms with van der Waals surface area (Å²) in [6.07, 6.45) is 12.2. The van der Waals surface area contributed by atoms with Gasteiger partial charge in [0, 0.05) is 19.0 Å². The highest BCUT2D eigenvalue weighted by atomic mass is 32.2. The highest BCUT2D eigenvalue weighted by molar-refractivity contribution is 7.98. The van der Waals surface area contributed by atoms with Gasteiger partial charge in [0.05, 0.1) is 19.5 Å². The van der Waals surface area contributed by atoms with Gasteiger partial charge >= 0.3 is 6.16 Å². The third-order valence-electron chi connectivity index (χ3n) is 8.87. The molecule has 0 aromatic heterocycles. The van der Waals surface area contributed by atoms with Gasteiger partial charge in [-0.3, -0.25) is 0 Å². The summed E-state index contributed by atoms with van der Waals surface area (Å²) in [6.45, 7) is 0.748. The first-order chi connectivity index (χ1) is 19.4. The lowest BCUT2D eigenvalue weighted by atomic mass is 9.74. The Kier molecular flexibility index (Phi) is 11.4. The van der Waals surface area contributed by atoms with E-state index in [9.17, 15) is 4.79 Å². The lowest BCUT2D eigenvalue weighted by Gasteiger charge is -2.41. The maximum atomic E-state index is 12.4. The summed E-state index contributed by atoms with van der Waals surface area (Å²) in [6, 6.07) is 21.9. The highest BCUT2D eigenvalue weighted by Gasteiger charge is 2.49. The van der Waals surface area contributed by atoms with Crippen molar-refractivity contribution in [2.75, 3.05) is 33.2 Å². The van der Waals surface area contributed by atoms with Crippen molar-refractivity contribution in [3.8, 4) is 0 Å². The Bertz CT molecular complexity index is 1060. The molecule has 1 saturated carbocycles. The number of aryl methyl sites for hydroxylation is 1. The molecule has 3 unspecified atom stereocenters. The zero-order valence-corrected chi connectivity index (χ0v) is 25.5. The van der Waals surface area contributed by atoms with E-state index >= 15 is 0 Å². The van der Waals surface area contributed by atoms with Gasteiger partial charge in [-0.1, -0.05) is 73.5 Å². The average Bonchev–Trinajstić information content (AvgIpc) is 3.29. The smallest absolute Gasteiger partial charge is 0.438 e. The van der Waals surface area contributed by atoms with Crippen molar-refractivity contribution in [2.45, 2.75) is 75.7 Å². The predicted molar refractivity (Wildman–Crippen MR) is 166 cm³/mol. The van der Waals surface area contributed by atoms with Crippen molar-refractivity contribution in [1.29, 1.82) is 0 Å². The summed E-state index contributed by atoms with van der Waals surface area (Å²) in [7, 11) is 5.85. The van der Waals surface area contributed by atoms with Gasteiger partial charge in [0.25, 0.3) is 0 Å². The van der Waals surface area contributed by atoms with Gasteiger partial charge in [0.15, 0.2) is 0 Å². The van der Waals surface area contributed by atoms with Gasteiger partial charge in [-0.2, -0.15) is 11.8 Å². The highest BCUT2D eigenvalue weighted by Crippen LogP contribution is 2.42. The second-order valence-corrected chi connectivity index (χ2v) is 12.6. The van der Waals surface area contributed by atoms with Crippen molar-refractivity contribution in [1.82, 2.24) is 9.80 Å². The fraction of sp³-hybridized carbons (Fsp3) is 0.576. The number of aliphatic imine (C=N–C) groups is 1. The summed E-state index contributed by atoms with van der Waals surface area (Å²) >= 11 is 1.75. The molecular formula is C33H47N3O3S. The Balaban J connectivity index is 1.44. The normalized spacial score (nSPS) is 25.2. The Morgan fingerprint density at radius 3 is 2.30 bits per heavy atom. The molecule has 2 aromatic carbocycles. The van der Waals surface area contributed by atoms with Gasteiger partial charge in [-0.15, -0.1) is 0 Å². The van der Waals surface area contributed by atoms with Crippen LogP contribution < -0.4 is 0 Å². The van der Waals surface area contributed by atoms with E-state index in [0.717, 1.165) is 25.1 Å². The van der Waals surface area contributed by atoms with Crippen molar-refractivity contribution >= 4 is 24.3 Å². The third-order valence-corrected chi connectivity index (χ3v) is 9.48. The molecule has 3 atom stereocenters. The van der Waals surface area contributed by atoms with Crippen LogP contribution in [0.4, 0.5) is 4.79 Å². The number of nitrogens with zero attached hydrogens (tertiary/aromatic N) is 3. The predicted octanol–water partition coefficient (Wildman–Crippen LogP) is 6.89. The van der Waals surface area contributed by atoms with Crippen LogP contribution in [0.5, 0.6) is 0 Å². The van der Waals surface area contributed by atoms with Crippen LogP contribution in [-0.2, 0) is 22.4 Å². The van der Waals surface area contributed by atoms with E-state index in [0.29, 0.717) is 24.3 Å². The molecule has 1 fully saturated rings. The molecule has 0 spiro atoms. The summed E-state index contributed by atoms with van der Waals surface area (Å²) in [5.74, 6) is 2.15. The largest absolute Gasteiger partial charge is 0.510 e. The fourth-order valence-electron chi connectivity index (χ4n) is 6.67. The molecule has 1 aliphatic heterocycles. The monoisotopic (exact) mass is 565 g/mol. The first kappa shape index (κ1) is 30.4. The molecule has 0 N–H and O–H groups in total. The Labute approximate surface area is 245 Å². The molecule has 0 bridgehead atoms. The molecule has 0 radical (unpaired) electrons. The van der Waals surface area contributed by atoms with E-state index in [2.05, 4.69) is 84.7 Å². The standard InChI is InChI=1S/C33H47N3O3S/c1-35(2)30(20-17-26-11-7-5-8-12-26)29-18-15-27(16-19-29)23-31-33(21-22-40-4,39-32(37)38-3)34-25-36(31)24-28-13-9-6-10-14-28/h5-14,25,27,29-31H,15-24H2,1-4H3. The number of rotatable bonds is 13. The minimum absolute atomic E-state index is 0.0109. The van der Waals surface area contributed by atoms with Crippen molar-refractivity contribution in [3.63, 3.8) is 0 Å². The number of carbonyl (C=O) groups is 1. The molecule has 6 nitrogen and oxygen atoms in total. The van der Waals surface area contributed by atoms with Crippen LogP contribution in [0.3, 0.4) is 0 Å². The number of benzene rings is 2. The average molecular weight is 566 g/mol. The Morgan fingerprint density at radius 2 is 1.70 bits per heavy atom. The van der Waals surface area contributed by atoms with E-state index in [1.54, 1.807) is 11.8 Å². The van der Waals surface area contributed by atoms with E-state index in [4.69, 9.17) is 14.5 Å². The summed E-state index contributed by atoms with van der Waals surface area (Å²) in [4.78, 5) is 22.1. The van der Waals surface area contributed by atoms with Gasteiger partial charge in [-0.05, 0) is 81.2 Å². The zero-order chi connectivity index (χ0) is 28.4. The maximum Gasteiger partial charge on any atom is 0.510 e. The van der Waals surface area contributed by atoms with Gasteiger partial charge < -0.3 is 19.3 Å². The maximum absolute atomic E-state index is 12.4. The molecule has 7 heteroatoms. The number of carbonyl (C=O) groups excluding carboxylic acids is 1. The van der Waals surface area contributed by atoms with Crippen LogP contribution >= 0.6 is 11.8 Å². The number of ether oxygens (including phenoxy) is 2. The Morgan fingerprint density at radius 1 is 1.05 bits per heavy atom. The molecule has 4 rings (SSSR count). The van der Waals surface area contributed by atoms with Crippen LogP contribution in [0, 0.1) is 11.8 Å². The molecule has 1 aliphatic carbocycles. The minimum atomic E-state index is -0.913. The van der Waals surface area contributed by atoms with Gasteiger partial charge in [0.1, 0.15) is 0 Å². The van der Waals surface area contributed by atoms with Crippen LogP contribution in [0.25, 0.3) is 0 Å². The van der Waals surface area contributed by atoms with E-state index in [1.165, 1.54) is 50.3 Å². The second kappa shape index (κ2) is 14.9. The fourth-order valence-corrected chi connectivity index (χ4v) is 7.17. The summed E-state index contributed by atoms with van der Waals surface area (Å²) in [5.41, 5.74) is 1.74. The quantitative estimate of drug-likeness (QED) is 0.247. The van der Waals surface area contributed by atoms with E-state index in [1.807, 2.05) is 12.4 Å². The minimum Gasteiger partial charge on any atom is -0.438 e. The third kappa shape index (κ3) is 8.03. The molecule has 2 aliphatic rings. The number of hydrogen-bond acceptors (Lipinski definition) is 7. The zero-order valence-electron chi connectivity index (χ0n) is 24.7. The molecule has 40 heavy (non-hydrogen) atoms. The molecule has 218 valence electrons. The van der Waals surface area contributed by atoms with Gasteiger partial charge in [-0.25, -0.2) is 9.79 Å². The van der Waals surface area contributed by atoms with E-state index < -0.39 is 11.9 Å². The van der Waals surface area contributed by atoms with E-state index in [-0.39, 0.29) is 6.04 Å². The van der Waals surface area contributed by atoms with Crippen molar-refractivity contribution in [2.24, 2.45) is 16.8 Å².